The standard InChI is InChI=1S/C15H18N2O3/c1-20-14-5-4-12(6-13(14)7-16)9-17(10-15(18)19)8-11-2-3-11/h4-6,11H,2-3,8-10H2,1H3,(H,18,19). The molecule has 0 amide bonds. The molecule has 0 spiro atoms. The van der Waals surface area contributed by atoms with E-state index in [0.717, 1.165) is 12.1 Å². The third-order valence-corrected chi connectivity index (χ3v) is 3.36. The second-order valence-electron chi connectivity index (χ2n) is 5.15. The van der Waals surface area contributed by atoms with Crippen LogP contribution < -0.4 is 4.74 Å². The zero-order chi connectivity index (χ0) is 14.5. The fourth-order valence-corrected chi connectivity index (χ4v) is 2.24. The van der Waals surface area contributed by atoms with Crippen molar-refractivity contribution in [3.05, 3.63) is 29.3 Å². The van der Waals surface area contributed by atoms with Gasteiger partial charge in [0.25, 0.3) is 0 Å². The van der Waals surface area contributed by atoms with Gasteiger partial charge in [0.05, 0.1) is 19.2 Å². The van der Waals surface area contributed by atoms with Crippen molar-refractivity contribution in [1.82, 2.24) is 4.90 Å². The highest BCUT2D eigenvalue weighted by Gasteiger charge is 2.25. The maximum Gasteiger partial charge on any atom is 0.317 e. The van der Waals surface area contributed by atoms with Crippen LogP contribution in [0.1, 0.15) is 24.0 Å². The summed E-state index contributed by atoms with van der Waals surface area (Å²) in [6.45, 7) is 1.38. The molecule has 1 N–H and O–H groups in total. The number of carboxylic acids is 1. The Kier molecular flexibility index (Phi) is 4.59. The van der Waals surface area contributed by atoms with E-state index in [2.05, 4.69) is 6.07 Å². The summed E-state index contributed by atoms with van der Waals surface area (Å²) in [7, 11) is 1.53. The molecule has 5 nitrogen and oxygen atoms in total. The first-order chi connectivity index (χ1) is 9.62. The Hall–Kier alpha value is -2.06. The predicted molar refractivity (Wildman–Crippen MR) is 73.3 cm³/mol. The van der Waals surface area contributed by atoms with E-state index in [1.165, 1.54) is 20.0 Å². The number of carboxylic acid groups (broad SMARTS) is 1. The van der Waals surface area contributed by atoms with Gasteiger partial charge in [-0.15, -0.1) is 0 Å². The number of rotatable bonds is 7. The van der Waals surface area contributed by atoms with Crippen LogP contribution in [0.15, 0.2) is 18.2 Å². The molecule has 1 aromatic rings. The summed E-state index contributed by atoms with van der Waals surface area (Å²) in [5, 5.41) is 18.0. The van der Waals surface area contributed by atoms with Gasteiger partial charge in [-0.2, -0.15) is 5.26 Å². The van der Waals surface area contributed by atoms with Crippen LogP contribution in [-0.2, 0) is 11.3 Å². The molecule has 2 rings (SSSR count). The minimum Gasteiger partial charge on any atom is -0.495 e. The lowest BCUT2D eigenvalue weighted by Crippen LogP contribution is -2.31. The molecule has 0 heterocycles. The Balaban J connectivity index is 2.08. The first-order valence-electron chi connectivity index (χ1n) is 6.63. The number of aliphatic carboxylic acids is 1. The van der Waals surface area contributed by atoms with Gasteiger partial charge in [0.2, 0.25) is 0 Å². The number of methoxy groups -OCH3 is 1. The van der Waals surface area contributed by atoms with Crippen LogP contribution in [0.3, 0.4) is 0 Å². The summed E-state index contributed by atoms with van der Waals surface area (Å²) in [6.07, 6.45) is 2.37. The second kappa shape index (κ2) is 6.40. The number of carbonyl (C=O) groups is 1. The molecular weight excluding hydrogens is 256 g/mol. The van der Waals surface area contributed by atoms with Gasteiger partial charge >= 0.3 is 5.97 Å². The molecule has 0 saturated heterocycles. The second-order valence-corrected chi connectivity index (χ2v) is 5.15. The molecule has 1 saturated carbocycles. The molecule has 5 heteroatoms. The number of hydrogen-bond donors (Lipinski definition) is 1. The Morgan fingerprint density at radius 3 is 2.85 bits per heavy atom. The summed E-state index contributed by atoms with van der Waals surface area (Å²) in [6, 6.07) is 7.49. The molecule has 20 heavy (non-hydrogen) atoms. The molecule has 0 atom stereocenters. The van der Waals surface area contributed by atoms with E-state index in [1.807, 2.05) is 11.0 Å². The van der Waals surface area contributed by atoms with Gasteiger partial charge in [-0.05, 0) is 36.5 Å². The van der Waals surface area contributed by atoms with Crippen molar-refractivity contribution in [1.29, 1.82) is 5.26 Å². The minimum atomic E-state index is -0.820. The van der Waals surface area contributed by atoms with Crippen LogP contribution >= 0.6 is 0 Å². The molecule has 0 aromatic heterocycles. The molecule has 1 aliphatic rings. The van der Waals surface area contributed by atoms with Gasteiger partial charge < -0.3 is 9.84 Å². The highest BCUT2D eigenvalue weighted by Crippen LogP contribution is 2.30. The highest BCUT2D eigenvalue weighted by molar-refractivity contribution is 5.69. The fraction of sp³-hybridized carbons (Fsp3) is 0.467. The van der Waals surface area contributed by atoms with Gasteiger partial charge in [0, 0.05) is 13.1 Å². The van der Waals surface area contributed by atoms with Crippen LogP contribution in [-0.4, -0.2) is 36.2 Å². The van der Waals surface area contributed by atoms with E-state index >= 15 is 0 Å². The van der Waals surface area contributed by atoms with Crippen LogP contribution in [0.5, 0.6) is 5.75 Å². The van der Waals surface area contributed by atoms with Crippen LogP contribution in [0, 0.1) is 17.2 Å². The third kappa shape index (κ3) is 3.97. The lowest BCUT2D eigenvalue weighted by molar-refractivity contribution is -0.138. The normalized spacial score (nSPS) is 14.1. The maximum absolute atomic E-state index is 10.9. The lowest BCUT2D eigenvalue weighted by Gasteiger charge is -2.20. The number of ether oxygens (including phenoxy) is 1. The first-order valence-corrected chi connectivity index (χ1v) is 6.63. The van der Waals surface area contributed by atoms with Crippen molar-refractivity contribution in [3.63, 3.8) is 0 Å². The van der Waals surface area contributed by atoms with Crippen LogP contribution in [0.4, 0.5) is 0 Å². The quantitative estimate of drug-likeness (QED) is 0.821. The van der Waals surface area contributed by atoms with Gasteiger partial charge in [0.1, 0.15) is 11.8 Å². The van der Waals surface area contributed by atoms with Crippen LogP contribution in [0.25, 0.3) is 0 Å². The first kappa shape index (κ1) is 14.4. The Bertz CT molecular complexity index is 532. The number of hydrogen-bond acceptors (Lipinski definition) is 4. The molecule has 1 aliphatic carbocycles. The van der Waals surface area contributed by atoms with Crippen molar-refractivity contribution in [2.24, 2.45) is 5.92 Å². The van der Waals surface area contributed by atoms with E-state index in [0.29, 0.717) is 23.8 Å². The Morgan fingerprint density at radius 2 is 2.30 bits per heavy atom. The molecule has 0 radical (unpaired) electrons. The smallest absolute Gasteiger partial charge is 0.317 e. The minimum absolute atomic E-state index is 0.0322. The molecule has 1 fully saturated rings. The van der Waals surface area contributed by atoms with Crippen molar-refractivity contribution in [2.75, 3.05) is 20.2 Å². The number of benzene rings is 1. The van der Waals surface area contributed by atoms with Crippen molar-refractivity contribution >= 4 is 5.97 Å². The zero-order valence-corrected chi connectivity index (χ0v) is 11.5. The molecule has 0 bridgehead atoms. The van der Waals surface area contributed by atoms with E-state index in [4.69, 9.17) is 15.1 Å². The third-order valence-electron chi connectivity index (χ3n) is 3.36. The summed E-state index contributed by atoms with van der Waals surface area (Å²) >= 11 is 0. The summed E-state index contributed by atoms with van der Waals surface area (Å²) < 4.78 is 5.11. The highest BCUT2D eigenvalue weighted by atomic mass is 16.5. The maximum atomic E-state index is 10.9. The molecule has 1 aromatic carbocycles. The summed E-state index contributed by atoms with van der Waals surface area (Å²) in [5.74, 6) is 0.353. The summed E-state index contributed by atoms with van der Waals surface area (Å²) in [5.41, 5.74) is 1.41. The van der Waals surface area contributed by atoms with Crippen LogP contribution in [0.2, 0.25) is 0 Å². The number of nitriles is 1. The molecule has 0 aliphatic heterocycles. The monoisotopic (exact) mass is 274 g/mol. The van der Waals surface area contributed by atoms with Crippen molar-refractivity contribution < 1.29 is 14.6 Å². The van der Waals surface area contributed by atoms with E-state index < -0.39 is 5.97 Å². The van der Waals surface area contributed by atoms with Gasteiger partial charge in [0.15, 0.2) is 0 Å². The predicted octanol–water partition coefficient (Wildman–Crippen LogP) is 1.86. The topological polar surface area (TPSA) is 73.6 Å². The SMILES string of the molecule is COc1ccc(CN(CC(=O)O)CC2CC2)cc1C#N. The van der Waals surface area contributed by atoms with Gasteiger partial charge in [-0.1, -0.05) is 6.07 Å². The van der Waals surface area contributed by atoms with Crippen molar-refractivity contribution in [3.8, 4) is 11.8 Å². The molecule has 106 valence electrons. The Labute approximate surface area is 118 Å². The summed E-state index contributed by atoms with van der Waals surface area (Å²) in [4.78, 5) is 12.8. The average molecular weight is 274 g/mol. The zero-order valence-electron chi connectivity index (χ0n) is 11.5. The average Bonchev–Trinajstić information content (AvgIpc) is 3.21. The Morgan fingerprint density at radius 1 is 1.55 bits per heavy atom. The van der Waals surface area contributed by atoms with E-state index in [9.17, 15) is 4.79 Å². The van der Waals surface area contributed by atoms with E-state index in [1.54, 1.807) is 12.1 Å². The van der Waals surface area contributed by atoms with Gasteiger partial charge in [-0.3, -0.25) is 9.69 Å². The number of nitrogens with zero attached hydrogens (tertiary/aromatic N) is 2. The fourth-order valence-electron chi connectivity index (χ4n) is 2.24. The largest absolute Gasteiger partial charge is 0.495 e. The van der Waals surface area contributed by atoms with Crippen molar-refractivity contribution in [2.45, 2.75) is 19.4 Å². The van der Waals surface area contributed by atoms with Gasteiger partial charge in [-0.25, -0.2) is 0 Å². The van der Waals surface area contributed by atoms with E-state index in [-0.39, 0.29) is 6.54 Å². The molecule has 0 unspecified atom stereocenters. The lowest BCUT2D eigenvalue weighted by atomic mass is 10.1. The molecular formula is C15H18N2O3.